The molecule has 1 fully saturated rings. The minimum Gasteiger partial charge on any atom is -0.490 e. The van der Waals surface area contributed by atoms with Crippen molar-refractivity contribution in [2.24, 2.45) is 11.8 Å². The fraction of sp³-hybridized carbons (Fsp3) is 0.600. The maximum atomic E-state index is 13.3. The monoisotopic (exact) mass is 376 g/mol. The van der Waals surface area contributed by atoms with Crippen molar-refractivity contribution in [1.82, 2.24) is 9.55 Å². The van der Waals surface area contributed by atoms with Crippen LogP contribution in [0.1, 0.15) is 53.0 Å². The Bertz CT molecular complexity index is 902. The quantitative estimate of drug-likeness (QED) is 0.758. The Morgan fingerprint density at radius 1 is 1.15 bits per heavy atom. The van der Waals surface area contributed by atoms with E-state index in [9.17, 15) is 4.79 Å². The minimum absolute atomic E-state index is 0.0429. The van der Waals surface area contributed by atoms with Crippen LogP contribution in [0.5, 0.6) is 11.5 Å². The molecule has 1 N–H and O–H groups in total. The number of benzene rings is 1. The second-order valence-corrected chi connectivity index (χ2v) is 7.54. The molecule has 26 heavy (non-hydrogen) atoms. The van der Waals surface area contributed by atoms with E-state index in [0.29, 0.717) is 52.2 Å². The zero-order valence-corrected chi connectivity index (χ0v) is 16.8. The van der Waals surface area contributed by atoms with Gasteiger partial charge in [-0.3, -0.25) is 9.36 Å². The second-order valence-electron chi connectivity index (χ2n) is 7.15. The fourth-order valence-corrected chi connectivity index (χ4v) is 4.32. The van der Waals surface area contributed by atoms with Gasteiger partial charge in [0, 0.05) is 12.1 Å². The van der Waals surface area contributed by atoms with Crippen molar-refractivity contribution in [3.8, 4) is 11.5 Å². The lowest BCUT2D eigenvalue weighted by Gasteiger charge is -2.35. The highest BCUT2D eigenvalue weighted by Crippen LogP contribution is 2.37. The Balaban J connectivity index is 2.19. The van der Waals surface area contributed by atoms with Crippen molar-refractivity contribution in [2.75, 3.05) is 13.2 Å². The van der Waals surface area contributed by atoms with Gasteiger partial charge >= 0.3 is 0 Å². The van der Waals surface area contributed by atoms with Crippen LogP contribution in [0.15, 0.2) is 16.9 Å². The SMILES string of the molecule is CCOc1cc2[nH]c(=S)n([C@@H]3CCC[C@@H](C)[C@H]3C)c(=O)c2cc1OCC. The molecule has 1 aromatic carbocycles. The minimum atomic E-state index is -0.0429. The first-order valence-corrected chi connectivity index (χ1v) is 9.96. The molecule has 0 aliphatic heterocycles. The molecule has 3 rings (SSSR count). The van der Waals surface area contributed by atoms with Crippen LogP contribution in [0.3, 0.4) is 0 Å². The Morgan fingerprint density at radius 2 is 1.81 bits per heavy atom. The molecule has 0 unspecified atom stereocenters. The average Bonchev–Trinajstić information content (AvgIpc) is 2.60. The predicted molar refractivity (Wildman–Crippen MR) is 107 cm³/mol. The Hall–Kier alpha value is -1.82. The number of ether oxygens (including phenoxy) is 2. The molecule has 142 valence electrons. The van der Waals surface area contributed by atoms with Crippen LogP contribution >= 0.6 is 12.2 Å². The lowest BCUT2D eigenvalue weighted by atomic mass is 9.78. The van der Waals surface area contributed by atoms with Crippen molar-refractivity contribution in [2.45, 2.75) is 53.0 Å². The molecular weight excluding hydrogens is 348 g/mol. The summed E-state index contributed by atoms with van der Waals surface area (Å²) >= 11 is 5.57. The maximum absolute atomic E-state index is 13.3. The number of aromatic nitrogens is 2. The van der Waals surface area contributed by atoms with Gasteiger partial charge in [-0.25, -0.2) is 0 Å². The average molecular weight is 377 g/mol. The molecule has 0 saturated heterocycles. The van der Waals surface area contributed by atoms with Crippen molar-refractivity contribution >= 4 is 23.1 Å². The summed E-state index contributed by atoms with van der Waals surface area (Å²) in [5, 5.41) is 0.593. The third kappa shape index (κ3) is 3.39. The lowest BCUT2D eigenvalue weighted by molar-refractivity contribution is 0.181. The smallest absolute Gasteiger partial charge is 0.262 e. The first kappa shape index (κ1) is 19.0. The summed E-state index contributed by atoms with van der Waals surface area (Å²) < 4.78 is 13.6. The van der Waals surface area contributed by atoms with Crippen molar-refractivity contribution in [1.29, 1.82) is 0 Å². The summed E-state index contributed by atoms with van der Waals surface area (Å²) in [5.74, 6) is 2.23. The number of aromatic amines is 1. The summed E-state index contributed by atoms with van der Waals surface area (Å²) in [5.41, 5.74) is 0.651. The van der Waals surface area contributed by atoms with Gasteiger partial charge in [0.15, 0.2) is 16.3 Å². The van der Waals surface area contributed by atoms with E-state index >= 15 is 0 Å². The molecule has 0 spiro atoms. The first-order valence-electron chi connectivity index (χ1n) is 9.56. The van der Waals surface area contributed by atoms with Crippen molar-refractivity contribution in [3.63, 3.8) is 0 Å². The maximum Gasteiger partial charge on any atom is 0.262 e. The fourth-order valence-electron chi connectivity index (χ4n) is 3.99. The first-order chi connectivity index (χ1) is 12.5. The van der Waals surface area contributed by atoms with E-state index in [1.807, 2.05) is 19.9 Å². The molecule has 1 aliphatic rings. The predicted octanol–water partition coefficient (Wildman–Crippen LogP) is 4.85. The van der Waals surface area contributed by atoms with E-state index in [4.69, 9.17) is 21.7 Å². The summed E-state index contributed by atoms with van der Waals surface area (Å²) in [6.07, 6.45) is 3.33. The van der Waals surface area contributed by atoms with Gasteiger partial charge in [0.05, 0.1) is 24.1 Å². The van der Waals surface area contributed by atoms with E-state index < -0.39 is 0 Å². The molecule has 0 radical (unpaired) electrons. The molecular formula is C20H28N2O3S. The van der Waals surface area contributed by atoms with Crippen LogP contribution in [0, 0.1) is 16.6 Å². The molecule has 6 heteroatoms. The number of H-pyrrole nitrogens is 1. The largest absolute Gasteiger partial charge is 0.490 e. The molecule has 0 amide bonds. The van der Waals surface area contributed by atoms with E-state index in [1.165, 1.54) is 6.42 Å². The summed E-state index contributed by atoms with van der Waals surface area (Å²) in [7, 11) is 0. The highest BCUT2D eigenvalue weighted by atomic mass is 32.1. The molecule has 5 nitrogen and oxygen atoms in total. The van der Waals surface area contributed by atoms with Gasteiger partial charge in [-0.2, -0.15) is 0 Å². The topological polar surface area (TPSA) is 56.2 Å². The molecule has 3 atom stereocenters. The Kier molecular flexibility index (Phi) is 5.70. The summed E-state index contributed by atoms with van der Waals surface area (Å²) in [6, 6.07) is 3.74. The summed E-state index contributed by atoms with van der Waals surface area (Å²) in [6.45, 7) is 9.37. The van der Waals surface area contributed by atoms with Crippen LogP contribution < -0.4 is 15.0 Å². The molecule has 1 saturated carbocycles. The number of nitrogens with zero attached hydrogens (tertiary/aromatic N) is 1. The van der Waals surface area contributed by atoms with E-state index in [1.54, 1.807) is 10.6 Å². The molecule has 0 bridgehead atoms. The van der Waals surface area contributed by atoms with E-state index in [0.717, 1.165) is 12.8 Å². The van der Waals surface area contributed by atoms with Gasteiger partial charge in [0.2, 0.25) is 0 Å². The van der Waals surface area contributed by atoms with Crippen LogP contribution in [-0.4, -0.2) is 22.8 Å². The van der Waals surface area contributed by atoms with Gasteiger partial charge < -0.3 is 14.5 Å². The Labute approximate surface area is 159 Å². The highest BCUT2D eigenvalue weighted by Gasteiger charge is 2.30. The second kappa shape index (κ2) is 7.82. The molecule has 1 aliphatic carbocycles. The van der Waals surface area contributed by atoms with Crippen LogP contribution in [0.4, 0.5) is 0 Å². The van der Waals surface area contributed by atoms with Crippen LogP contribution in [0.25, 0.3) is 10.9 Å². The number of hydrogen-bond acceptors (Lipinski definition) is 4. The van der Waals surface area contributed by atoms with Gasteiger partial charge in [-0.15, -0.1) is 0 Å². The van der Waals surface area contributed by atoms with E-state index in [-0.39, 0.29) is 11.6 Å². The lowest BCUT2D eigenvalue weighted by Crippen LogP contribution is -2.34. The van der Waals surface area contributed by atoms with Gasteiger partial charge in [0.1, 0.15) is 0 Å². The molecule has 2 aromatic rings. The van der Waals surface area contributed by atoms with Gasteiger partial charge in [0.25, 0.3) is 5.56 Å². The van der Waals surface area contributed by atoms with E-state index in [2.05, 4.69) is 18.8 Å². The van der Waals surface area contributed by atoms with Crippen LogP contribution in [-0.2, 0) is 0 Å². The normalized spacial score (nSPS) is 23.2. The zero-order chi connectivity index (χ0) is 18.8. The third-order valence-corrected chi connectivity index (χ3v) is 5.89. The van der Waals surface area contributed by atoms with Crippen molar-refractivity contribution in [3.05, 3.63) is 27.3 Å². The van der Waals surface area contributed by atoms with Crippen LogP contribution in [0.2, 0.25) is 0 Å². The standard InChI is InChI=1S/C20H28N2O3S/c1-5-24-17-10-14-15(11-18(17)25-6-2)21-20(26)22(19(14)23)16-9-7-8-12(3)13(16)4/h10-13,16H,5-9H2,1-4H3,(H,21,26)/t12-,13-,16-/m1/s1. The molecule has 1 aromatic heterocycles. The number of fused-ring (bicyclic) bond motifs is 1. The number of rotatable bonds is 5. The Morgan fingerprint density at radius 3 is 2.46 bits per heavy atom. The molecule has 1 heterocycles. The highest BCUT2D eigenvalue weighted by molar-refractivity contribution is 7.71. The third-order valence-electron chi connectivity index (χ3n) is 5.59. The van der Waals surface area contributed by atoms with Crippen molar-refractivity contribution < 1.29 is 9.47 Å². The number of nitrogens with one attached hydrogen (secondary N) is 1. The number of hydrogen-bond donors (Lipinski definition) is 1. The van der Waals surface area contributed by atoms with Gasteiger partial charge in [-0.05, 0) is 50.4 Å². The zero-order valence-electron chi connectivity index (χ0n) is 16.0. The van der Waals surface area contributed by atoms with Gasteiger partial charge in [-0.1, -0.05) is 26.7 Å². The summed E-state index contributed by atoms with van der Waals surface area (Å²) in [4.78, 5) is 16.5.